The number of pyridine rings is 2. The quantitative estimate of drug-likeness (QED) is 0.171. The van der Waals surface area contributed by atoms with Gasteiger partial charge in [0.15, 0.2) is 0 Å². The summed E-state index contributed by atoms with van der Waals surface area (Å²) in [5.41, 5.74) is 2.68. The van der Waals surface area contributed by atoms with Gasteiger partial charge in [-0.15, -0.1) is 18.8 Å². The second-order valence-corrected chi connectivity index (χ2v) is 16.9. The number of nitrogens with zero attached hydrogens (tertiary/aromatic N) is 6. The number of halogens is 2. The van der Waals surface area contributed by atoms with E-state index in [9.17, 15) is 14.4 Å². The van der Waals surface area contributed by atoms with Crippen LogP contribution in [0.4, 0.5) is 0 Å². The predicted octanol–water partition coefficient (Wildman–Crippen LogP) is 6.36. The summed E-state index contributed by atoms with van der Waals surface area (Å²) in [7, 11) is 0. The van der Waals surface area contributed by atoms with E-state index in [1.54, 1.807) is 33.7 Å². The molecule has 3 aliphatic heterocycles. The average Bonchev–Trinajstić information content (AvgIpc) is 3.23. The molecule has 13 nitrogen and oxygen atoms in total. The number of hydrogen-bond donors (Lipinski definition) is 1. The molecule has 0 unspecified atom stereocenters. The van der Waals surface area contributed by atoms with E-state index in [0.717, 1.165) is 10.0 Å². The molecule has 1 amide bonds. The molecule has 2 aromatic carbocycles. The molecule has 0 aliphatic carbocycles. The van der Waals surface area contributed by atoms with Gasteiger partial charge in [-0.05, 0) is 108 Å². The lowest BCUT2D eigenvalue weighted by atomic mass is 10.1. The maximum Gasteiger partial charge on any atom is 0.261 e. The minimum Gasteiger partial charge on any atom is -0.366 e. The summed E-state index contributed by atoms with van der Waals surface area (Å²) in [6.45, 7) is 14.4. The third kappa shape index (κ3) is 12.4. The van der Waals surface area contributed by atoms with Gasteiger partial charge in [0.2, 0.25) is 5.91 Å². The summed E-state index contributed by atoms with van der Waals surface area (Å²) >= 11 is 3.39. The van der Waals surface area contributed by atoms with Gasteiger partial charge in [-0.1, -0.05) is 39.9 Å². The Labute approximate surface area is 368 Å². The highest BCUT2D eigenvalue weighted by Crippen LogP contribution is 2.24. The van der Waals surface area contributed by atoms with Gasteiger partial charge in [-0.2, -0.15) is 0 Å². The zero-order valence-corrected chi connectivity index (χ0v) is 37.2. The average molecular weight is 909 g/mol. The maximum absolute atomic E-state index is 12.8. The first-order chi connectivity index (χ1) is 28.5. The second-order valence-electron chi connectivity index (χ2n) is 16.0. The van der Waals surface area contributed by atoms with Crippen molar-refractivity contribution in [3.8, 4) is 24.2 Å². The molecule has 0 bridgehead atoms. The molecule has 15 heteroatoms. The molecule has 0 saturated carbocycles. The normalized spacial score (nSPS) is 16.3. The van der Waals surface area contributed by atoms with Gasteiger partial charge < -0.3 is 19.5 Å². The van der Waals surface area contributed by atoms with Crippen molar-refractivity contribution in [2.24, 2.45) is 0 Å². The molecule has 316 valence electrons. The van der Waals surface area contributed by atoms with Crippen molar-refractivity contribution in [2.75, 3.05) is 13.2 Å². The standard InChI is InChI=1S/C20H17N3O2.C13H13BrN2O2.C7H5N.C6H11NO2.ClH/c1-20(2)13-23-18(12-25-20)22-17-11-14(7-9-16(17)19(23)24)6-8-15-5-3-4-10-21-15;1-13(2)7-16-11(6-18-13)15-10-5-8(14)3-4-9(10)12(16)17;1-2-7-5-3-4-6-8-7;1-6(2)4-7-5(8)3-9-6;/h3-5,7,9-11H,12-13H2,1-2H3;3-5H,6-7H2,1-2H3;1,3-6H;3-4H2,1-2H3,(H,7,8);1H. The summed E-state index contributed by atoms with van der Waals surface area (Å²) in [5.74, 6) is 9.84. The predicted molar refractivity (Wildman–Crippen MR) is 240 cm³/mol. The number of hydrogen-bond acceptors (Lipinski definition) is 10. The molecular formula is C46H47BrClN7O6. The molecule has 1 saturated heterocycles. The van der Waals surface area contributed by atoms with Gasteiger partial charge in [0.05, 0.1) is 51.7 Å². The smallest absolute Gasteiger partial charge is 0.261 e. The Kier molecular flexibility index (Phi) is 15.0. The maximum atomic E-state index is 12.8. The largest absolute Gasteiger partial charge is 0.366 e. The van der Waals surface area contributed by atoms with Crippen molar-refractivity contribution in [2.45, 2.75) is 84.6 Å². The summed E-state index contributed by atoms with van der Waals surface area (Å²) in [6.07, 6.45) is 8.42. The molecule has 9 rings (SSSR count). The molecule has 1 fully saturated rings. The van der Waals surface area contributed by atoms with Gasteiger partial charge in [-0.3, -0.25) is 23.5 Å². The van der Waals surface area contributed by atoms with Crippen LogP contribution in [0.25, 0.3) is 21.8 Å². The van der Waals surface area contributed by atoms with Crippen LogP contribution in [-0.4, -0.2) is 64.9 Å². The first kappa shape index (κ1) is 46.3. The topological polar surface area (TPSA) is 152 Å². The highest BCUT2D eigenvalue weighted by atomic mass is 79.9. The van der Waals surface area contributed by atoms with Gasteiger partial charge in [0.1, 0.15) is 42.9 Å². The van der Waals surface area contributed by atoms with Crippen LogP contribution in [0.1, 0.15) is 70.1 Å². The SMILES string of the molecule is C#Cc1ccccn1.CC1(C)CNC(=O)CO1.CC1(C)Cn2c(nc3cc(Br)ccc3c2=O)CO1.CC1(C)Cn2c(nc3cc(C#Cc4ccccn4)ccc3c2=O)CO1.Cl. The number of terminal acetylenes is 1. The van der Waals surface area contributed by atoms with E-state index >= 15 is 0 Å². The molecule has 6 aromatic rings. The molecular weight excluding hydrogens is 862 g/mol. The summed E-state index contributed by atoms with van der Waals surface area (Å²) in [5, 5.41) is 3.96. The van der Waals surface area contributed by atoms with Crippen molar-refractivity contribution in [3.63, 3.8) is 0 Å². The number of carbonyl (C=O) groups excluding carboxylic acids is 1. The first-order valence-electron chi connectivity index (χ1n) is 19.2. The Morgan fingerprint density at radius 3 is 1.67 bits per heavy atom. The fraction of sp³-hybridized carbons (Fsp3) is 0.326. The molecule has 4 aromatic heterocycles. The number of rotatable bonds is 0. The third-order valence-electron chi connectivity index (χ3n) is 9.41. The number of nitrogens with one attached hydrogen (secondary N) is 1. The van der Waals surface area contributed by atoms with E-state index in [4.69, 9.17) is 20.6 Å². The van der Waals surface area contributed by atoms with Crippen LogP contribution in [0, 0.1) is 24.2 Å². The molecule has 0 atom stereocenters. The number of amides is 1. The van der Waals surface area contributed by atoms with Crippen LogP contribution in [0.5, 0.6) is 0 Å². The Hall–Kier alpha value is -5.74. The van der Waals surface area contributed by atoms with E-state index in [2.05, 4.69) is 58.9 Å². The minimum atomic E-state index is -0.361. The summed E-state index contributed by atoms with van der Waals surface area (Å²) in [4.78, 5) is 52.9. The number of carbonyl (C=O) groups is 1. The van der Waals surface area contributed by atoms with Gasteiger partial charge in [0, 0.05) is 29.0 Å². The van der Waals surface area contributed by atoms with Crippen molar-refractivity contribution >= 4 is 56.1 Å². The van der Waals surface area contributed by atoms with E-state index in [-0.39, 0.29) is 52.8 Å². The zero-order valence-electron chi connectivity index (χ0n) is 34.8. The number of ether oxygens (including phenoxy) is 3. The van der Waals surface area contributed by atoms with Gasteiger partial charge in [-0.25, -0.2) is 19.9 Å². The Bertz CT molecular complexity index is 2740. The molecule has 0 radical (unpaired) electrons. The minimum absolute atomic E-state index is 0. The number of benzene rings is 2. The van der Waals surface area contributed by atoms with Crippen LogP contribution in [-0.2, 0) is 45.3 Å². The summed E-state index contributed by atoms with van der Waals surface area (Å²) in [6, 6.07) is 22.1. The zero-order chi connectivity index (χ0) is 43.1. The van der Waals surface area contributed by atoms with Crippen LogP contribution in [0.2, 0.25) is 0 Å². The van der Waals surface area contributed by atoms with Crippen LogP contribution >= 0.6 is 28.3 Å². The second kappa shape index (κ2) is 19.8. The highest BCUT2D eigenvalue weighted by molar-refractivity contribution is 9.10. The summed E-state index contributed by atoms with van der Waals surface area (Å²) < 4.78 is 21.0. The lowest BCUT2D eigenvalue weighted by Gasteiger charge is -2.32. The van der Waals surface area contributed by atoms with E-state index < -0.39 is 0 Å². The number of aromatic nitrogens is 6. The Morgan fingerprint density at radius 1 is 0.672 bits per heavy atom. The van der Waals surface area contributed by atoms with Crippen LogP contribution in [0.3, 0.4) is 0 Å². The molecule has 61 heavy (non-hydrogen) atoms. The van der Waals surface area contributed by atoms with Crippen molar-refractivity contribution in [1.29, 1.82) is 0 Å². The van der Waals surface area contributed by atoms with E-state index in [1.807, 2.05) is 102 Å². The highest BCUT2D eigenvalue weighted by Gasteiger charge is 2.29. The van der Waals surface area contributed by atoms with E-state index in [1.165, 1.54) is 0 Å². The molecule has 3 aliphatic rings. The monoisotopic (exact) mass is 907 g/mol. The van der Waals surface area contributed by atoms with Gasteiger partial charge in [0.25, 0.3) is 11.1 Å². The fourth-order valence-corrected chi connectivity index (χ4v) is 6.55. The lowest BCUT2D eigenvalue weighted by molar-refractivity contribution is -0.139. The lowest BCUT2D eigenvalue weighted by Crippen LogP contribution is -2.48. The van der Waals surface area contributed by atoms with Crippen molar-refractivity contribution in [1.82, 2.24) is 34.4 Å². The van der Waals surface area contributed by atoms with Crippen molar-refractivity contribution < 1.29 is 19.0 Å². The van der Waals surface area contributed by atoms with Crippen LogP contribution in [0.15, 0.2) is 99.3 Å². The Morgan fingerprint density at radius 2 is 1.20 bits per heavy atom. The van der Waals surface area contributed by atoms with E-state index in [0.29, 0.717) is 77.7 Å². The third-order valence-corrected chi connectivity index (χ3v) is 9.90. The molecule has 0 spiro atoms. The number of morpholine rings is 1. The first-order valence-corrected chi connectivity index (χ1v) is 20.0. The number of fused-ring (bicyclic) bond motifs is 4. The fourth-order valence-electron chi connectivity index (χ4n) is 6.20. The Balaban J connectivity index is 0.000000170. The molecule has 1 N–H and O–H groups in total. The van der Waals surface area contributed by atoms with Crippen LogP contribution < -0.4 is 16.4 Å². The molecule has 7 heterocycles. The van der Waals surface area contributed by atoms with Crippen molar-refractivity contribution in [3.05, 3.63) is 139 Å². The van der Waals surface area contributed by atoms with Gasteiger partial charge >= 0.3 is 0 Å².